The molecule has 16 heteroatoms. The molecule has 0 radical (unpaired) electrons. The van der Waals surface area contributed by atoms with E-state index in [1.54, 1.807) is 18.2 Å². The monoisotopic (exact) mass is 680 g/mol. The summed E-state index contributed by atoms with van der Waals surface area (Å²) in [4.78, 5) is 13.5. The van der Waals surface area contributed by atoms with E-state index in [1.165, 1.54) is 71.0 Å². The van der Waals surface area contributed by atoms with Crippen LogP contribution in [0.15, 0.2) is 98.9 Å². The van der Waals surface area contributed by atoms with Gasteiger partial charge in [0.1, 0.15) is 9.21 Å². The van der Waals surface area contributed by atoms with Crippen molar-refractivity contribution >= 4 is 76.3 Å². The highest BCUT2D eigenvalue weighted by molar-refractivity contribution is 7.93. The maximum atomic E-state index is 13.4. The zero-order valence-corrected chi connectivity index (χ0v) is 26.1. The number of nitrogens with zero attached hydrogens (tertiary/aromatic N) is 2. The molecule has 0 saturated carbocycles. The van der Waals surface area contributed by atoms with Gasteiger partial charge < -0.3 is 14.6 Å². The number of nitrogens with one attached hydrogen (secondary N) is 1. The Morgan fingerprint density at radius 1 is 0.930 bits per heavy atom. The third-order valence-corrected chi connectivity index (χ3v) is 12.7. The molecule has 1 aliphatic rings. The van der Waals surface area contributed by atoms with Crippen molar-refractivity contribution in [2.45, 2.75) is 14.0 Å². The summed E-state index contributed by atoms with van der Waals surface area (Å²) in [6, 6.07) is 19.9. The van der Waals surface area contributed by atoms with Crippen LogP contribution >= 0.6 is 22.9 Å². The summed E-state index contributed by atoms with van der Waals surface area (Å²) in [5.74, 6) is -0.731. The van der Waals surface area contributed by atoms with Gasteiger partial charge in [-0.1, -0.05) is 29.8 Å². The van der Waals surface area contributed by atoms with Crippen LogP contribution in [0.5, 0.6) is 0 Å². The third kappa shape index (κ3) is 6.68. The fourth-order valence-electron chi connectivity index (χ4n) is 4.26. The first-order valence-corrected chi connectivity index (χ1v) is 17.7. The Bertz CT molecular complexity index is 1880. The molecule has 1 aromatic heterocycles. The number of sulfone groups is 1. The molecule has 1 atom stereocenters. The molecule has 0 aliphatic carbocycles. The molecule has 11 nitrogen and oxygen atoms in total. The van der Waals surface area contributed by atoms with Gasteiger partial charge in [0.15, 0.2) is 0 Å². The average molecular weight is 681 g/mol. The van der Waals surface area contributed by atoms with Crippen LogP contribution in [0.2, 0.25) is 5.02 Å². The molecule has 1 N–H and O–H groups in total. The van der Waals surface area contributed by atoms with Gasteiger partial charge in [-0.2, -0.15) is 4.31 Å². The van der Waals surface area contributed by atoms with E-state index in [-0.39, 0.29) is 54.1 Å². The van der Waals surface area contributed by atoms with Crippen molar-refractivity contribution in [3.63, 3.8) is 0 Å². The summed E-state index contributed by atoms with van der Waals surface area (Å²) in [7, 11) is -7.66. The molecule has 2 heterocycles. The SMILES string of the molecule is O=C(Nc1ccc(S(=O)(=O)N2CCOCC2)cc1)c1cc(Cl)ccc1N(c1ccc(S(=O)(=O)c2ccccc2)s1)S(=O)[O-]. The molecule has 1 amide bonds. The van der Waals surface area contributed by atoms with Gasteiger partial charge in [-0.15, -0.1) is 11.3 Å². The number of hydrogen-bond acceptors (Lipinski definition) is 9. The van der Waals surface area contributed by atoms with E-state index >= 15 is 0 Å². The molecular weight excluding hydrogens is 658 g/mol. The number of carbonyl (C=O) groups is 1. The Balaban J connectivity index is 1.42. The predicted molar refractivity (Wildman–Crippen MR) is 163 cm³/mol. The van der Waals surface area contributed by atoms with Crippen molar-refractivity contribution in [3.8, 4) is 0 Å². The van der Waals surface area contributed by atoms with Gasteiger partial charge in [0.25, 0.3) is 5.91 Å². The minimum absolute atomic E-state index is 0.0249. The van der Waals surface area contributed by atoms with Crippen molar-refractivity contribution in [1.82, 2.24) is 4.31 Å². The minimum atomic E-state index is -3.92. The number of carbonyl (C=O) groups excluding carboxylic acids is 1. The molecule has 1 saturated heterocycles. The first kappa shape index (κ1) is 31.3. The highest BCUT2D eigenvalue weighted by Gasteiger charge is 2.27. The summed E-state index contributed by atoms with van der Waals surface area (Å²) < 4.78 is 84.2. The Hall–Kier alpha value is -3.15. The fourth-order valence-corrected chi connectivity index (χ4v) is 9.30. The lowest BCUT2D eigenvalue weighted by molar-refractivity contribution is 0.0730. The number of benzene rings is 3. The van der Waals surface area contributed by atoms with Gasteiger partial charge in [-0.25, -0.2) is 16.8 Å². The van der Waals surface area contributed by atoms with E-state index in [1.807, 2.05) is 0 Å². The fraction of sp³-hybridized carbons (Fsp3) is 0.148. The van der Waals surface area contributed by atoms with Gasteiger partial charge in [0, 0.05) is 23.8 Å². The van der Waals surface area contributed by atoms with Gasteiger partial charge in [-0.3, -0.25) is 13.3 Å². The zero-order valence-electron chi connectivity index (χ0n) is 22.1. The second-order valence-electron chi connectivity index (χ2n) is 9.08. The van der Waals surface area contributed by atoms with Crippen molar-refractivity contribution in [2.75, 3.05) is 35.9 Å². The number of halogens is 1. The van der Waals surface area contributed by atoms with E-state index < -0.39 is 37.0 Å². The molecule has 226 valence electrons. The summed E-state index contributed by atoms with van der Waals surface area (Å²) >= 11 is 3.92. The lowest BCUT2D eigenvalue weighted by Gasteiger charge is -2.27. The van der Waals surface area contributed by atoms with Crippen LogP contribution in [0.25, 0.3) is 0 Å². The number of amides is 1. The maximum absolute atomic E-state index is 13.4. The normalized spacial score (nSPS) is 15.1. The summed E-state index contributed by atoms with van der Waals surface area (Å²) in [5, 5.41) is 2.81. The number of ether oxygens (including phenoxy) is 1. The molecule has 3 aromatic carbocycles. The van der Waals surface area contributed by atoms with Crippen LogP contribution in [-0.4, -0.2) is 62.1 Å². The van der Waals surface area contributed by atoms with E-state index in [0.717, 1.165) is 15.6 Å². The molecule has 4 aromatic rings. The van der Waals surface area contributed by atoms with Gasteiger partial charge in [0.05, 0.1) is 45.5 Å². The number of thiophene rings is 1. The van der Waals surface area contributed by atoms with E-state index in [9.17, 15) is 30.4 Å². The number of anilines is 3. The number of hydrogen-bond donors (Lipinski definition) is 1. The standard InChI is InChI=1S/C27H24ClN3O8S4/c28-19-6-11-24(31(41(33)34)25-12-13-26(40-25)42(35,36)21-4-2-1-3-5-21)23(18-19)27(32)29-20-7-9-22(10-8-20)43(37,38)30-14-16-39-17-15-30/h1-13,18H,14-17H2,(H,29,32)(H,33,34)/p-1. The first-order valence-electron chi connectivity index (χ1n) is 12.6. The largest absolute Gasteiger partial charge is 0.755 e. The molecule has 1 unspecified atom stereocenters. The van der Waals surface area contributed by atoms with Crippen molar-refractivity contribution < 1.29 is 35.1 Å². The highest BCUT2D eigenvalue weighted by Crippen LogP contribution is 2.39. The smallest absolute Gasteiger partial charge is 0.257 e. The Morgan fingerprint density at radius 3 is 2.26 bits per heavy atom. The minimum Gasteiger partial charge on any atom is -0.755 e. The maximum Gasteiger partial charge on any atom is 0.257 e. The first-order chi connectivity index (χ1) is 20.5. The lowest BCUT2D eigenvalue weighted by atomic mass is 10.1. The third-order valence-electron chi connectivity index (χ3n) is 6.38. The van der Waals surface area contributed by atoms with Gasteiger partial charge in [-0.05, 0) is 66.7 Å². The molecule has 0 spiro atoms. The molecule has 0 bridgehead atoms. The molecular formula is C27H23ClN3O8S4-. The van der Waals surface area contributed by atoms with Gasteiger partial charge >= 0.3 is 0 Å². The van der Waals surface area contributed by atoms with E-state index in [2.05, 4.69) is 5.32 Å². The van der Waals surface area contributed by atoms with Gasteiger partial charge in [0.2, 0.25) is 19.9 Å². The summed E-state index contributed by atoms with van der Waals surface area (Å²) in [6.45, 7) is 1.08. The second kappa shape index (κ2) is 12.8. The van der Waals surface area contributed by atoms with E-state index in [4.69, 9.17) is 16.3 Å². The molecule has 1 aliphatic heterocycles. The van der Waals surface area contributed by atoms with Crippen LogP contribution in [0, 0.1) is 0 Å². The van der Waals surface area contributed by atoms with Crippen LogP contribution in [-0.2, 0) is 35.9 Å². The zero-order chi connectivity index (χ0) is 30.8. The highest BCUT2D eigenvalue weighted by atomic mass is 35.5. The van der Waals surface area contributed by atoms with Crippen LogP contribution in [0.3, 0.4) is 0 Å². The predicted octanol–water partition coefficient (Wildman–Crippen LogP) is 4.44. The lowest BCUT2D eigenvalue weighted by Crippen LogP contribution is -2.40. The quantitative estimate of drug-likeness (QED) is 0.255. The topological polar surface area (TPSA) is 153 Å². The summed E-state index contributed by atoms with van der Waals surface area (Å²) in [6.07, 6.45) is 0. The van der Waals surface area contributed by atoms with Crippen LogP contribution < -0.4 is 9.62 Å². The molecule has 1 fully saturated rings. The number of sulfonamides is 1. The summed E-state index contributed by atoms with van der Waals surface area (Å²) in [5.41, 5.74) is 0.0499. The van der Waals surface area contributed by atoms with Crippen molar-refractivity contribution in [3.05, 3.63) is 95.5 Å². The number of morpholine rings is 1. The van der Waals surface area contributed by atoms with Crippen LogP contribution in [0.1, 0.15) is 10.4 Å². The molecule has 5 rings (SSSR count). The van der Waals surface area contributed by atoms with E-state index in [0.29, 0.717) is 13.2 Å². The van der Waals surface area contributed by atoms with Crippen molar-refractivity contribution in [2.24, 2.45) is 0 Å². The van der Waals surface area contributed by atoms with Crippen molar-refractivity contribution in [1.29, 1.82) is 0 Å². The molecule has 43 heavy (non-hydrogen) atoms. The Morgan fingerprint density at radius 2 is 1.60 bits per heavy atom. The Kier molecular flexibility index (Phi) is 9.34. The van der Waals surface area contributed by atoms with Crippen LogP contribution in [0.4, 0.5) is 16.4 Å². The average Bonchev–Trinajstić information content (AvgIpc) is 3.49. The number of rotatable bonds is 9. The Labute approximate surface area is 260 Å². The second-order valence-corrected chi connectivity index (χ2v) is 15.5.